The van der Waals surface area contributed by atoms with Gasteiger partial charge in [-0.2, -0.15) is 0 Å². The molecule has 0 saturated heterocycles. The van der Waals surface area contributed by atoms with Crippen molar-refractivity contribution in [3.8, 4) is 0 Å². The van der Waals surface area contributed by atoms with Crippen LogP contribution < -0.4 is 0 Å². The minimum atomic E-state index is -0.222. The molecule has 1 aliphatic carbocycles. The number of carbonyl (C=O) groups excluding carboxylic acids is 1. The number of nitrogens with one attached hydrogen (secondary N) is 1. The highest BCUT2D eigenvalue weighted by Crippen LogP contribution is 2.23. The van der Waals surface area contributed by atoms with E-state index in [2.05, 4.69) is 13.2 Å². The maximum atomic E-state index is 11.6. The van der Waals surface area contributed by atoms with E-state index in [0.717, 1.165) is 18.4 Å². The molecule has 1 saturated carbocycles. The van der Waals surface area contributed by atoms with Gasteiger partial charge in [-0.25, -0.2) is 0 Å². The van der Waals surface area contributed by atoms with E-state index < -0.39 is 0 Å². The van der Waals surface area contributed by atoms with E-state index >= 15 is 0 Å². The Morgan fingerprint density at radius 3 is 2.87 bits per heavy atom. The van der Waals surface area contributed by atoms with Gasteiger partial charge in [0.15, 0.2) is 0 Å². The fourth-order valence-corrected chi connectivity index (χ4v) is 1.77. The zero-order valence-electron chi connectivity index (χ0n) is 8.96. The van der Waals surface area contributed by atoms with Crippen molar-refractivity contribution in [2.45, 2.75) is 25.7 Å². The average molecular weight is 203 g/mol. The molecule has 0 aromatic carbocycles. The van der Waals surface area contributed by atoms with E-state index in [1.165, 1.54) is 0 Å². The number of ketones is 1. The maximum absolute atomic E-state index is 11.6. The van der Waals surface area contributed by atoms with Crippen LogP contribution in [0.3, 0.4) is 0 Å². The molecule has 80 valence electrons. The Kier molecular flexibility index (Phi) is 4.22. The Hall–Kier alpha value is -1.44. The molecule has 0 aromatic heterocycles. The van der Waals surface area contributed by atoms with E-state index in [1.54, 1.807) is 12.2 Å². The van der Waals surface area contributed by atoms with Crippen molar-refractivity contribution in [2.24, 2.45) is 5.92 Å². The topological polar surface area (TPSA) is 40.9 Å². The molecule has 2 nitrogen and oxygen atoms in total. The number of hydrogen-bond donors (Lipinski definition) is 1. The van der Waals surface area contributed by atoms with Gasteiger partial charge in [0.05, 0.1) is 5.92 Å². The number of rotatable bonds is 4. The van der Waals surface area contributed by atoms with Crippen molar-refractivity contribution < 1.29 is 4.79 Å². The first kappa shape index (κ1) is 11.6. The summed E-state index contributed by atoms with van der Waals surface area (Å²) in [6.07, 6.45) is 8.13. The molecule has 15 heavy (non-hydrogen) atoms. The molecule has 0 amide bonds. The first-order chi connectivity index (χ1) is 7.15. The molecule has 0 aliphatic heterocycles. The van der Waals surface area contributed by atoms with Crippen LogP contribution in [0.15, 0.2) is 37.0 Å². The molecule has 0 spiro atoms. The van der Waals surface area contributed by atoms with Gasteiger partial charge < -0.3 is 5.41 Å². The first-order valence-corrected chi connectivity index (χ1v) is 5.22. The lowest BCUT2D eigenvalue weighted by Crippen LogP contribution is -2.28. The number of allylic oxidation sites excluding steroid dienone is 4. The molecule has 1 N–H and O–H groups in total. The third kappa shape index (κ3) is 3.31. The van der Waals surface area contributed by atoms with Crippen molar-refractivity contribution >= 4 is 11.5 Å². The van der Waals surface area contributed by atoms with Crippen LogP contribution in [0.25, 0.3) is 0 Å². The molecule has 1 fully saturated rings. The summed E-state index contributed by atoms with van der Waals surface area (Å²) in [5.74, 6) is -0.0277. The minimum Gasteiger partial charge on any atom is -0.309 e. The largest absolute Gasteiger partial charge is 0.309 e. The molecule has 0 aromatic rings. The Bertz CT molecular complexity index is 309. The molecule has 1 aliphatic rings. The monoisotopic (exact) mass is 203 g/mol. The second kappa shape index (κ2) is 5.44. The van der Waals surface area contributed by atoms with Gasteiger partial charge in [0, 0.05) is 12.1 Å². The summed E-state index contributed by atoms with van der Waals surface area (Å²) in [5, 5.41) is 7.74. The lowest BCUT2D eigenvalue weighted by molar-refractivity contribution is -0.121. The fraction of sp³-hybridized carbons (Fsp3) is 0.385. The summed E-state index contributed by atoms with van der Waals surface area (Å²) >= 11 is 0. The van der Waals surface area contributed by atoms with Crippen molar-refractivity contribution in [3.05, 3.63) is 37.0 Å². The van der Waals surface area contributed by atoms with Crippen LogP contribution in [0.2, 0.25) is 0 Å². The van der Waals surface area contributed by atoms with Crippen LogP contribution in [0.5, 0.6) is 0 Å². The highest BCUT2D eigenvalue weighted by molar-refractivity contribution is 6.05. The number of carbonyl (C=O) groups is 1. The van der Waals surface area contributed by atoms with Crippen LogP contribution in [0, 0.1) is 11.3 Å². The standard InChI is InChI=1S/C13H17NO/c1-3-4-6-10(2)9-11-12(14)7-5-8-13(11)15/h3-4,6,11,14H,1-2,5,7-9H2. The summed E-state index contributed by atoms with van der Waals surface area (Å²) < 4.78 is 0. The van der Waals surface area contributed by atoms with Gasteiger partial charge in [-0.1, -0.05) is 37.0 Å². The van der Waals surface area contributed by atoms with Crippen LogP contribution in [0.1, 0.15) is 25.7 Å². The van der Waals surface area contributed by atoms with Crippen molar-refractivity contribution in [3.63, 3.8) is 0 Å². The van der Waals surface area contributed by atoms with Gasteiger partial charge in [0.25, 0.3) is 0 Å². The molecule has 0 radical (unpaired) electrons. The summed E-state index contributed by atoms with van der Waals surface area (Å²) in [6.45, 7) is 7.44. The zero-order chi connectivity index (χ0) is 11.3. The molecular formula is C13H17NO. The van der Waals surface area contributed by atoms with Gasteiger partial charge in [-0.05, 0) is 19.3 Å². The Labute approximate surface area is 90.9 Å². The van der Waals surface area contributed by atoms with Gasteiger partial charge in [0.1, 0.15) is 5.78 Å². The highest BCUT2D eigenvalue weighted by Gasteiger charge is 2.26. The summed E-state index contributed by atoms with van der Waals surface area (Å²) in [6, 6.07) is 0. The highest BCUT2D eigenvalue weighted by atomic mass is 16.1. The third-order valence-corrected chi connectivity index (χ3v) is 2.61. The normalized spacial score (nSPS) is 22.0. The van der Waals surface area contributed by atoms with Crippen LogP contribution >= 0.6 is 0 Å². The smallest absolute Gasteiger partial charge is 0.141 e. The quantitative estimate of drug-likeness (QED) is 0.701. The molecule has 0 heterocycles. The summed E-state index contributed by atoms with van der Waals surface area (Å²) in [7, 11) is 0. The van der Waals surface area contributed by atoms with E-state index in [1.807, 2.05) is 6.08 Å². The number of hydrogen-bond acceptors (Lipinski definition) is 2. The molecule has 1 atom stereocenters. The summed E-state index contributed by atoms with van der Waals surface area (Å²) in [4.78, 5) is 11.6. The SMILES string of the molecule is C=CC=CC(=C)CC1C(=N)CCCC1=O. The lowest BCUT2D eigenvalue weighted by atomic mass is 9.82. The van der Waals surface area contributed by atoms with E-state index in [-0.39, 0.29) is 11.7 Å². The average Bonchev–Trinajstić information content (AvgIpc) is 2.21. The third-order valence-electron chi connectivity index (χ3n) is 2.61. The van der Waals surface area contributed by atoms with Gasteiger partial charge in [-0.3, -0.25) is 4.79 Å². The molecule has 2 heteroatoms. The van der Waals surface area contributed by atoms with Crippen LogP contribution in [-0.2, 0) is 4.79 Å². The van der Waals surface area contributed by atoms with Crippen molar-refractivity contribution in [1.82, 2.24) is 0 Å². The van der Waals surface area contributed by atoms with Gasteiger partial charge >= 0.3 is 0 Å². The second-order valence-corrected chi connectivity index (χ2v) is 3.85. The second-order valence-electron chi connectivity index (χ2n) is 3.85. The van der Waals surface area contributed by atoms with E-state index in [0.29, 0.717) is 18.6 Å². The maximum Gasteiger partial charge on any atom is 0.141 e. The fourth-order valence-electron chi connectivity index (χ4n) is 1.77. The van der Waals surface area contributed by atoms with Crippen molar-refractivity contribution in [1.29, 1.82) is 5.41 Å². The van der Waals surface area contributed by atoms with Crippen LogP contribution in [0.4, 0.5) is 0 Å². The van der Waals surface area contributed by atoms with Gasteiger partial charge in [-0.15, -0.1) is 0 Å². The van der Waals surface area contributed by atoms with Crippen molar-refractivity contribution in [2.75, 3.05) is 0 Å². The predicted octanol–water partition coefficient (Wildman–Crippen LogP) is 3.06. The zero-order valence-corrected chi connectivity index (χ0v) is 8.96. The lowest BCUT2D eigenvalue weighted by Gasteiger charge is -2.21. The summed E-state index contributed by atoms with van der Waals surface area (Å²) in [5.41, 5.74) is 1.46. The number of Topliss-reactive ketones (excluding diaryl/α,β-unsaturated/α-hetero) is 1. The minimum absolute atomic E-state index is 0.194. The molecule has 1 unspecified atom stereocenters. The van der Waals surface area contributed by atoms with Gasteiger partial charge in [0.2, 0.25) is 0 Å². The Balaban J connectivity index is 2.58. The Morgan fingerprint density at radius 1 is 1.53 bits per heavy atom. The molecule has 0 bridgehead atoms. The van der Waals surface area contributed by atoms with E-state index in [9.17, 15) is 4.79 Å². The van der Waals surface area contributed by atoms with E-state index in [4.69, 9.17) is 5.41 Å². The molecular weight excluding hydrogens is 186 g/mol. The molecule has 1 rings (SSSR count). The van der Waals surface area contributed by atoms with Crippen LogP contribution in [-0.4, -0.2) is 11.5 Å². The Morgan fingerprint density at radius 2 is 2.27 bits per heavy atom. The predicted molar refractivity (Wildman–Crippen MR) is 63.2 cm³/mol. The first-order valence-electron chi connectivity index (χ1n) is 5.22.